The molecule has 7 heteroatoms. The van der Waals surface area contributed by atoms with Gasteiger partial charge in [0.1, 0.15) is 18.1 Å². The SMILES string of the molecule is CCOC(=O)c1ccccc1Nc1ncnc(OC2CCCCC2)c1N. The van der Waals surface area contributed by atoms with Crippen LogP contribution in [0, 0.1) is 0 Å². The minimum Gasteiger partial charge on any atom is -0.473 e. The lowest BCUT2D eigenvalue weighted by molar-refractivity contribution is 0.0527. The Morgan fingerprint density at radius 1 is 1.23 bits per heavy atom. The molecule has 0 unspecified atom stereocenters. The number of carbonyl (C=O) groups excluding carboxylic acids is 1. The minimum atomic E-state index is -0.401. The zero-order chi connectivity index (χ0) is 18.4. The largest absolute Gasteiger partial charge is 0.473 e. The highest BCUT2D eigenvalue weighted by Crippen LogP contribution is 2.31. The topological polar surface area (TPSA) is 99.4 Å². The normalized spacial score (nSPS) is 14.7. The van der Waals surface area contributed by atoms with E-state index in [0.29, 0.717) is 35.2 Å². The molecule has 1 heterocycles. The number of ether oxygens (including phenoxy) is 2. The van der Waals surface area contributed by atoms with Crippen LogP contribution in [0.15, 0.2) is 30.6 Å². The Bertz CT molecular complexity index is 760. The highest BCUT2D eigenvalue weighted by atomic mass is 16.5. The Balaban J connectivity index is 1.80. The van der Waals surface area contributed by atoms with Gasteiger partial charge in [-0.15, -0.1) is 0 Å². The molecule has 3 N–H and O–H groups in total. The Labute approximate surface area is 152 Å². The summed E-state index contributed by atoms with van der Waals surface area (Å²) in [4.78, 5) is 20.5. The van der Waals surface area contributed by atoms with Gasteiger partial charge in [-0.2, -0.15) is 4.98 Å². The number of rotatable bonds is 6. The first-order chi connectivity index (χ1) is 12.7. The maximum atomic E-state index is 12.1. The summed E-state index contributed by atoms with van der Waals surface area (Å²) < 4.78 is 11.1. The molecule has 1 aromatic heterocycles. The maximum absolute atomic E-state index is 12.1. The molecule has 0 saturated heterocycles. The average Bonchev–Trinajstić information content (AvgIpc) is 2.66. The number of anilines is 3. The number of hydrogen-bond acceptors (Lipinski definition) is 7. The van der Waals surface area contributed by atoms with E-state index < -0.39 is 5.97 Å². The van der Waals surface area contributed by atoms with Crippen molar-refractivity contribution in [1.29, 1.82) is 0 Å². The van der Waals surface area contributed by atoms with Crippen molar-refractivity contribution in [3.05, 3.63) is 36.2 Å². The van der Waals surface area contributed by atoms with Crippen molar-refractivity contribution >= 4 is 23.2 Å². The summed E-state index contributed by atoms with van der Waals surface area (Å²) in [5, 5.41) is 3.10. The molecule has 1 aliphatic carbocycles. The molecule has 0 atom stereocenters. The van der Waals surface area contributed by atoms with Crippen LogP contribution in [0.4, 0.5) is 17.2 Å². The first-order valence-corrected chi connectivity index (χ1v) is 8.99. The van der Waals surface area contributed by atoms with Crippen LogP contribution >= 0.6 is 0 Å². The average molecular weight is 356 g/mol. The fourth-order valence-corrected chi connectivity index (χ4v) is 3.02. The summed E-state index contributed by atoms with van der Waals surface area (Å²) in [7, 11) is 0. The molecule has 1 saturated carbocycles. The number of para-hydroxylation sites is 1. The van der Waals surface area contributed by atoms with Gasteiger partial charge in [0.25, 0.3) is 0 Å². The third-order valence-electron chi connectivity index (χ3n) is 4.35. The summed E-state index contributed by atoms with van der Waals surface area (Å²) in [5.74, 6) is 0.382. The van der Waals surface area contributed by atoms with Gasteiger partial charge in [0, 0.05) is 0 Å². The number of benzene rings is 1. The first-order valence-electron chi connectivity index (χ1n) is 8.99. The fraction of sp³-hybridized carbons (Fsp3) is 0.421. The second-order valence-corrected chi connectivity index (χ2v) is 6.21. The number of nitrogen functional groups attached to an aromatic ring is 1. The number of esters is 1. The van der Waals surface area contributed by atoms with Crippen molar-refractivity contribution in [3.63, 3.8) is 0 Å². The predicted octanol–water partition coefficient (Wildman–Crippen LogP) is 3.69. The molecule has 138 valence electrons. The molecule has 1 aromatic carbocycles. The summed E-state index contributed by atoms with van der Waals surface area (Å²) >= 11 is 0. The van der Waals surface area contributed by atoms with E-state index in [-0.39, 0.29) is 6.10 Å². The molecular weight excluding hydrogens is 332 g/mol. The second kappa shape index (κ2) is 8.51. The van der Waals surface area contributed by atoms with Gasteiger partial charge < -0.3 is 20.5 Å². The van der Waals surface area contributed by atoms with Crippen LogP contribution in [0.3, 0.4) is 0 Å². The highest BCUT2D eigenvalue weighted by Gasteiger charge is 2.19. The molecule has 3 rings (SSSR count). The lowest BCUT2D eigenvalue weighted by atomic mass is 9.98. The van der Waals surface area contributed by atoms with Crippen molar-refractivity contribution in [2.75, 3.05) is 17.7 Å². The van der Waals surface area contributed by atoms with E-state index in [1.807, 2.05) is 6.07 Å². The number of hydrogen-bond donors (Lipinski definition) is 2. The van der Waals surface area contributed by atoms with Gasteiger partial charge in [-0.25, -0.2) is 9.78 Å². The third-order valence-corrected chi connectivity index (χ3v) is 4.35. The van der Waals surface area contributed by atoms with E-state index in [2.05, 4.69) is 15.3 Å². The Morgan fingerprint density at radius 3 is 2.77 bits per heavy atom. The van der Waals surface area contributed by atoms with Crippen LogP contribution in [0.5, 0.6) is 5.88 Å². The summed E-state index contributed by atoms with van der Waals surface area (Å²) in [6.07, 6.45) is 7.14. The van der Waals surface area contributed by atoms with E-state index in [9.17, 15) is 4.79 Å². The highest BCUT2D eigenvalue weighted by molar-refractivity contribution is 5.96. The van der Waals surface area contributed by atoms with E-state index in [1.54, 1.807) is 25.1 Å². The van der Waals surface area contributed by atoms with Crippen LogP contribution in [0.2, 0.25) is 0 Å². The first kappa shape index (κ1) is 18.0. The standard InChI is InChI=1S/C19H24N4O3/c1-2-25-19(24)14-10-6-7-11-15(14)23-17-16(20)18(22-12-21-17)26-13-8-4-3-5-9-13/h6-7,10-13H,2-5,8-9,20H2,1H3,(H,21,22,23). The lowest BCUT2D eigenvalue weighted by Crippen LogP contribution is -2.21. The molecule has 1 fully saturated rings. The van der Waals surface area contributed by atoms with E-state index in [4.69, 9.17) is 15.2 Å². The zero-order valence-corrected chi connectivity index (χ0v) is 14.9. The lowest BCUT2D eigenvalue weighted by Gasteiger charge is -2.23. The number of nitrogens with zero attached hydrogens (tertiary/aromatic N) is 2. The van der Waals surface area contributed by atoms with Gasteiger partial charge in [0.05, 0.1) is 17.9 Å². The van der Waals surface area contributed by atoms with Gasteiger partial charge >= 0.3 is 5.97 Å². The smallest absolute Gasteiger partial charge is 0.340 e. The van der Waals surface area contributed by atoms with Gasteiger partial charge in [0.15, 0.2) is 5.82 Å². The fourth-order valence-electron chi connectivity index (χ4n) is 3.02. The van der Waals surface area contributed by atoms with Crippen LogP contribution in [0.1, 0.15) is 49.4 Å². The molecule has 0 aliphatic heterocycles. The van der Waals surface area contributed by atoms with Crippen molar-refractivity contribution in [2.24, 2.45) is 0 Å². The maximum Gasteiger partial charge on any atom is 0.340 e. The molecule has 0 spiro atoms. The van der Waals surface area contributed by atoms with Crippen molar-refractivity contribution in [3.8, 4) is 5.88 Å². The Kier molecular flexibility index (Phi) is 5.88. The van der Waals surface area contributed by atoms with E-state index in [1.165, 1.54) is 12.7 Å². The van der Waals surface area contributed by atoms with Crippen molar-refractivity contribution in [2.45, 2.75) is 45.1 Å². The molecule has 0 amide bonds. The van der Waals surface area contributed by atoms with Gasteiger partial charge in [-0.05, 0) is 44.7 Å². The molecule has 0 bridgehead atoms. The molecule has 26 heavy (non-hydrogen) atoms. The van der Waals surface area contributed by atoms with Crippen LogP contribution in [0.25, 0.3) is 0 Å². The van der Waals surface area contributed by atoms with Gasteiger partial charge in [-0.3, -0.25) is 0 Å². The van der Waals surface area contributed by atoms with Gasteiger partial charge in [0.2, 0.25) is 5.88 Å². The summed E-state index contributed by atoms with van der Waals surface area (Å²) in [6.45, 7) is 2.08. The summed E-state index contributed by atoms with van der Waals surface area (Å²) in [5.41, 5.74) is 7.52. The Morgan fingerprint density at radius 2 is 2.00 bits per heavy atom. The number of nitrogens with two attached hydrogens (primary N) is 1. The number of aromatic nitrogens is 2. The molecule has 1 aliphatic rings. The van der Waals surface area contributed by atoms with Crippen LogP contribution in [-0.2, 0) is 4.74 Å². The predicted molar refractivity (Wildman–Crippen MR) is 99.6 cm³/mol. The van der Waals surface area contributed by atoms with E-state index in [0.717, 1.165) is 25.7 Å². The number of carbonyl (C=O) groups is 1. The third kappa shape index (κ3) is 4.22. The quantitative estimate of drug-likeness (QED) is 0.761. The molecule has 2 aromatic rings. The monoisotopic (exact) mass is 356 g/mol. The second-order valence-electron chi connectivity index (χ2n) is 6.21. The van der Waals surface area contributed by atoms with Crippen LogP contribution in [-0.4, -0.2) is 28.6 Å². The molecule has 0 radical (unpaired) electrons. The summed E-state index contributed by atoms with van der Waals surface area (Å²) in [6, 6.07) is 7.06. The molecular formula is C19H24N4O3. The van der Waals surface area contributed by atoms with Crippen molar-refractivity contribution in [1.82, 2.24) is 9.97 Å². The Hall–Kier alpha value is -2.83. The molecule has 7 nitrogen and oxygen atoms in total. The van der Waals surface area contributed by atoms with E-state index >= 15 is 0 Å². The van der Waals surface area contributed by atoms with Crippen LogP contribution < -0.4 is 15.8 Å². The zero-order valence-electron chi connectivity index (χ0n) is 14.9. The van der Waals surface area contributed by atoms with Crippen molar-refractivity contribution < 1.29 is 14.3 Å². The van der Waals surface area contributed by atoms with Gasteiger partial charge in [-0.1, -0.05) is 18.6 Å². The number of nitrogens with one attached hydrogen (secondary N) is 1. The minimum absolute atomic E-state index is 0.139.